The van der Waals surface area contributed by atoms with Crippen molar-refractivity contribution >= 4 is 39.0 Å². The van der Waals surface area contributed by atoms with Crippen LogP contribution in [-0.4, -0.2) is 18.4 Å². The van der Waals surface area contributed by atoms with Crippen LogP contribution in [0.4, 0.5) is 0 Å². The van der Waals surface area contributed by atoms with Gasteiger partial charge in [-0.2, -0.15) is 0 Å². The molecule has 0 N–H and O–H groups in total. The minimum absolute atomic E-state index is 0.163. The maximum atomic E-state index is 12.7. The molecular formula is C18H19BrO3S. The van der Waals surface area contributed by atoms with E-state index >= 15 is 0 Å². The third kappa shape index (κ3) is 5.29. The number of hydrogen-bond acceptors (Lipinski definition) is 4. The summed E-state index contributed by atoms with van der Waals surface area (Å²) in [5.41, 5.74) is 0.940. The summed E-state index contributed by atoms with van der Waals surface area (Å²) in [6.45, 7) is 2.40. The second-order valence-corrected chi connectivity index (χ2v) is 7.11. The third-order valence-corrected chi connectivity index (χ3v) is 4.87. The molecule has 1 aromatic carbocycles. The fourth-order valence-corrected chi connectivity index (χ4v) is 3.13. The summed E-state index contributed by atoms with van der Waals surface area (Å²) in [6, 6.07) is 11.2. The molecule has 1 heterocycles. The van der Waals surface area contributed by atoms with E-state index in [2.05, 4.69) is 15.9 Å². The lowest BCUT2D eigenvalue weighted by Gasteiger charge is -2.14. The molecule has 1 aromatic heterocycles. The van der Waals surface area contributed by atoms with E-state index in [0.29, 0.717) is 17.9 Å². The van der Waals surface area contributed by atoms with Crippen LogP contribution in [0.15, 0.2) is 46.3 Å². The van der Waals surface area contributed by atoms with Gasteiger partial charge in [0.1, 0.15) is 5.92 Å². The average Bonchev–Trinajstić information content (AvgIpc) is 3.08. The zero-order valence-electron chi connectivity index (χ0n) is 13.0. The number of Topliss-reactive ketones (excluding diaryl/α,β-unsaturated/α-hetero) is 1. The number of benzene rings is 1. The van der Waals surface area contributed by atoms with Gasteiger partial charge in [-0.15, -0.1) is 11.3 Å². The number of halogens is 1. The van der Waals surface area contributed by atoms with Crippen molar-refractivity contribution in [2.75, 3.05) is 6.61 Å². The summed E-state index contributed by atoms with van der Waals surface area (Å²) in [5.74, 6) is -1.38. The summed E-state index contributed by atoms with van der Waals surface area (Å²) in [4.78, 5) is 25.6. The molecule has 23 heavy (non-hydrogen) atoms. The minimum atomic E-state index is -0.785. The Bertz CT molecular complexity index is 635. The van der Waals surface area contributed by atoms with Gasteiger partial charge in [0.2, 0.25) is 0 Å². The van der Waals surface area contributed by atoms with E-state index < -0.39 is 11.9 Å². The highest BCUT2D eigenvalue weighted by Crippen LogP contribution is 2.21. The molecule has 1 atom stereocenters. The third-order valence-electron chi connectivity index (χ3n) is 3.46. The SMILES string of the molecule is CCCCOC(=O)C(Cc1ccc(Br)cc1)C(=O)c1cccs1. The van der Waals surface area contributed by atoms with Crippen LogP contribution >= 0.6 is 27.3 Å². The quantitative estimate of drug-likeness (QED) is 0.277. The van der Waals surface area contributed by atoms with E-state index in [4.69, 9.17) is 4.74 Å². The number of esters is 1. The molecular weight excluding hydrogens is 376 g/mol. The number of ether oxygens (including phenoxy) is 1. The van der Waals surface area contributed by atoms with Crippen molar-refractivity contribution in [2.45, 2.75) is 26.2 Å². The van der Waals surface area contributed by atoms with Gasteiger partial charge in [0.05, 0.1) is 11.5 Å². The number of ketones is 1. The number of carbonyl (C=O) groups excluding carboxylic acids is 2. The molecule has 2 aromatic rings. The van der Waals surface area contributed by atoms with E-state index in [-0.39, 0.29) is 5.78 Å². The van der Waals surface area contributed by atoms with Gasteiger partial charge in [-0.25, -0.2) is 0 Å². The van der Waals surface area contributed by atoms with Gasteiger partial charge < -0.3 is 4.74 Å². The highest BCUT2D eigenvalue weighted by Gasteiger charge is 2.30. The molecule has 1 unspecified atom stereocenters. The van der Waals surface area contributed by atoms with Crippen molar-refractivity contribution in [1.82, 2.24) is 0 Å². The van der Waals surface area contributed by atoms with Crippen molar-refractivity contribution in [2.24, 2.45) is 5.92 Å². The van der Waals surface area contributed by atoms with Crippen LogP contribution in [0.1, 0.15) is 35.0 Å². The van der Waals surface area contributed by atoms with Crippen LogP contribution in [0.5, 0.6) is 0 Å². The van der Waals surface area contributed by atoms with Crippen molar-refractivity contribution in [1.29, 1.82) is 0 Å². The molecule has 2 rings (SSSR count). The standard InChI is InChI=1S/C18H19BrO3S/c1-2-3-10-22-18(21)15(17(20)16-5-4-11-23-16)12-13-6-8-14(19)9-7-13/h4-9,11,15H,2-3,10,12H2,1H3. The van der Waals surface area contributed by atoms with Gasteiger partial charge in [0, 0.05) is 4.47 Å². The van der Waals surface area contributed by atoms with Crippen LogP contribution in [0, 0.1) is 5.92 Å². The maximum Gasteiger partial charge on any atom is 0.317 e. The molecule has 5 heteroatoms. The smallest absolute Gasteiger partial charge is 0.317 e. The highest BCUT2D eigenvalue weighted by atomic mass is 79.9. The molecule has 3 nitrogen and oxygen atoms in total. The van der Waals surface area contributed by atoms with Gasteiger partial charge in [-0.3, -0.25) is 9.59 Å². The Hall–Kier alpha value is -1.46. The van der Waals surface area contributed by atoms with Crippen LogP contribution in [-0.2, 0) is 16.0 Å². The van der Waals surface area contributed by atoms with Crippen LogP contribution in [0.25, 0.3) is 0 Å². The molecule has 0 fully saturated rings. The Kier molecular flexibility index (Phi) is 6.99. The summed E-state index contributed by atoms with van der Waals surface area (Å²) in [5, 5.41) is 1.84. The molecule has 0 radical (unpaired) electrons. The number of rotatable bonds is 8. The van der Waals surface area contributed by atoms with Crippen LogP contribution < -0.4 is 0 Å². The van der Waals surface area contributed by atoms with Gasteiger partial charge >= 0.3 is 5.97 Å². The van der Waals surface area contributed by atoms with E-state index in [9.17, 15) is 9.59 Å². The van der Waals surface area contributed by atoms with Gasteiger partial charge in [0.25, 0.3) is 0 Å². The first-order valence-electron chi connectivity index (χ1n) is 7.60. The van der Waals surface area contributed by atoms with E-state index in [0.717, 1.165) is 22.9 Å². The molecule has 0 saturated heterocycles. The van der Waals surface area contributed by atoms with Crippen molar-refractivity contribution in [3.05, 3.63) is 56.7 Å². The first-order valence-corrected chi connectivity index (χ1v) is 9.28. The lowest BCUT2D eigenvalue weighted by molar-refractivity contribution is -0.146. The lowest BCUT2D eigenvalue weighted by Crippen LogP contribution is -2.28. The summed E-state index contributed by atoms with van der Waals surface area (Å²) in [6.07, 6.45) is 2.11. The first kappa shape index (κ1) is 17.9. The Morgan fingerprint density at radius 1 is 1.22 bits per heavy atom. The number of thiophene rings is 1. The van der Waals surface area contributed by atoms with Crippen molar-refractivity contribution in [3.63, 3.8) is 0 Å². The summed E-state index contributed by atoms with van der Waals surface area (Å²) < 4.78 is 6.26. The topological polar surface area (TPSA) is 43.4 Å². The summed E-state index contributed by atoms with van der Waals surface area (Å²) >= 11 is 4.74. The second kappa shape index (κ2) is 8.99. The molecule has 0 spiro atoms. The minimum Gasteiger partial charge on any atom is -0.465 e. The Morgan fingerprint density at radius 3 is 2.57 bits per heavy atom. The molecule has 122 valence electrons. The van der Waals surface area contributed by atoms with E-state index in [1.807, 2.05) is 42.6 Å². The van der Waals surface area contributed by atoms with Gasteiger partial charge in [-0.1, -0.05) is 47.5 Å². The molecule has 0 aliphatic heterocycles. The predicted octanol–water partition coefficient (Wildman–Crippen LogP) is 4.90. The number of carbonyl (C=O) groups is 2. The zero-order chi connectivity index (χ0) is 16.7. The van der Waals surface area contributed by atoms with E-state index in [1.165, 1.54) is 11.3 Å². The van der Waals surface area contributed by atoms with Gasteiger partial charge in [0.15, 0.2) is 5.78 Å². The molecule has 0 aliphatic carbocycles. The van der Waals surface area contributed by atoms with Crippen LogP contribution in [0.2, 0.25) is 0 Å². The second-order valence-electron chi connectivity index (χ2n) is 5.25. The number of unbranched alkanes of at least 4 members (excludes halogenated alkanes) is 1. The first-order chi connectivity index (χ1) is 11.1. The normalized spacial score (nSPS) is 11.9. The number of hydrogen-bond donors (Lipinski definition) is 0. The average molecular weight is 395 g/mol. The zero-order valence-corrected chi connectivity index (χ0v) is 15.4. The van der Waals surface area contributed by atoms with Gasteiger partial charge in [-0.05, 0) is 42.0 Å². The Labute approximate surface area is 148 Å². The molecule has 0 aliphatic rings. The monoisotopic (exact) mass is 394 g/mol. The Balaban J connectivity index is 2.14. The largest absolute Gasteiger partial charge is 0.465 e. The fourth-order valence-electron chi connectivity index (χ4n) is 2.15. The fraction of sp³-hybridized carbons (Fsp3) is 0.333. The maximum absolute atomic E-state index is 12.7. The van der Waals surface area contributed by atoms with Crippen LogP contribution in [0.3, 0.4) is 0 Å². The Morgan fingerprint density at radius 2 is 1.96 bits per heavy atom. The highest BCUT2D eigenvalue weighted by molar-refractivity contribution is 9.10. The molecule has 0 saturated carbocycles. The molecule has 0 bridgehead atoms. The van der Waals surface area contributed by atoms with Crippen molar-refractivity contribution < 1.29 is 14.3 Å². The molecule has 0 amide bonds. The van der Waals surface area contributed by atoms with E-state index in [1.54, 1.807) is 6.07 Å². The van der Waals surface area contributed by atoms with Crippen molar-refractivity contribution in [3.8, 4) is 0 Å². The summed E-state index contributed by atoms with van der Waals surface area (Å²) in [7, 11) is 0. The lowest BCUT2D eigenvalue weighted by atomic mass is 9.94. The predicted molar refractivity (Wildman–Crippen MR) is 95.9 cm³/mol.